The Balaban J connectivity index is 2.18. The fraction of sp³-hybridized carbons (Fsp3) is 0.647. The Morgan fingerprint density at radius 2 is 1.81 bits per heavy atom. The highest BCUT2D eigenvalue weighted by Gasteiger charge is 2.23. The monoisotopic (exact) mass is 294 g/mol. The van der Waals surface area contributed by atoms with E-state index in [9.17, 15) is 9.50 Å². The first kappa shape index (κ1) is 16.2. The average molecular weight is 294 g/mol. The number of piperazine rings is 1. The molecule has 3 nitrogen and oxygen atoms in total. The average Bonchev–Trinajstić information content (AvgIpc) is 2.48. The Morgan fingerprint density at radius 1 is 1.19 bits per heavy atom. The van der Waals surface area contributed by atoms with Gasteiger partial charge in [-0.1, -0.05) is 6.92 Å². The zero-order chi connectivity index (χ0) is 15.6. The largest absolute Gasteiger partial charge is 0.389 e. The molecule has 0 amide bonds. The van der Waals surface area contributed by atoms with Crippen LogP contribution in [-0.4, -0.2) is 42.2 Å². The minimum atomic E-state index is -0.650. The molecule has 1 aliphatic heterocycles. The normalized spacial score (nSPS) is 19.6. The van der Waals surface area contributed by atoms with Gasteiger partial charge in [-0.15, -0.1) is 0 Å². The van der Waals surface area contributed by atoms with Crippen LogP contribution in [0.4, 0.5) is 10.1 Å². The Labute approximate surface area is 127 Å². The molecule has 0 saturated carbocycles. The van der Waals surface area contributed by atoms with Crippen molar-refractivity contribution in [3.05, 3.63) is 29.1 Å². The smallest absolute Gasteiger partial charge is 0.126 e. The highest BCUT2D eigenvalue weighted by Crippen LogP contribution is 2.30. The van der Waals surface area contributed by atoms with Gasteiger partial charge in [0.1, 0.15) is 5.82 Å². The first-order valence-electron chi connectivity index (χ1n) is 7.91. The van der Waals surface area contributed by atoms with E-state index < -0.39 is 6.10 Å². The molecule has 1 aromatic carbocycles. The maximum Gasteiger partial charge on any atom is 0.126 e. The molecule has 2 rings (SSSR count). The van der Waals surface area contributed by atoms with Crippen molar-refractivity contribution >= 4 is 5.69 Å². The van der Waals surface area contributed by atoms with E-state index in [0.29, 0.717) is 17.2 Å². The van der Waals surface area contributed by atoms with Crippen LogP contribution in [0.25, 0.3) is 0 Å². The van der Waals surface area contributed by atoms with Crippen molar-refractivity contribution in [3.8, 4) is 0 Å². The van der Waals surface area contributed by atoms with Gasteiger partial charge >= 0.3 is 0 Å². The van der Waals surface area contributed by atoms with Gasteiger partial charge in [0.15, 0.2) is 0 Å². The molecule has 1 saturated heterocycles. The minimum absolute atomic E-state index is 0.243. The molecule has 2 unspecified atom stereocenters. The van der Waals surface area contributed by atoms with Gasteiger partial charge in [-0.25, -0.2) is 4.39 Å². The summed E-state index contributed by atoms with van der Waals surface area (Å²) in [6.45, 7) is 11.8. The van der Waals surface area contributed by atoms with Gasteiger partial charge in [0, 0.05) is 43.5 Å². The van der Waals surface area contributed by atoms with Crippen LogP contribution in [0.2, 0.25) is 0 Å². The van der Waals surface area contributed by atoms with E-state index in [1.54, 1.807) is 13.8 Å². The Hall–Kier alpha value is -1.13. The van der Waals surface area contributed by atoms with Crippen molar-refractivity contribution in [3.63, 3.8) is 0 Å². The molecule has 2 atom stereocenters. The number of hydrogen-bond acceptors (Lipinski definition) is 3. The third kappa shape index (κ3) is 3.55. The standard InChI is InChI=1S/C17H27FN2O/c1-5-13(3)19-6-8-20(9-7-19)17-10-12(2)16(18)11-15(17)14(4)21/h10-11,13-14,21H,5-9H2,1-4H3. The number of halogens is 1. The maximum absolute atomic E-state index is 13.8. The fourth-order valence-corrected chi connectivity index (χ4v) is 2.95. The Bertz CT molecular complexity index is 482. The minimum Gasteiger partial charge on any atom is -0.389 e. The molecule has 0 aliphatic carbocycles. The number of rotatable bonds is 4. The molecule has 0 bridgehead atoms. The van der Waals surface area contributed by atoms with Gasteiger partial charge in [0.25, 0.3) is 0 Å². The zero-order valence-corrected chi connectivity index (χ0v) is 13.6. The molecular formula is C17H27FN2O. The Morgan fingerprint density at radius 3 is 2.33 bits per heavy atom. The number of aryl methyl sites for hydroxylation is 1. The molecular weight excluding hydrogens is 267 g/mol. The van der Waals surface area contributed by atoms with Gasteiger partial charge in [0.05, 0.1) is 6.10 Å². The second-order valence-corrected chi connectivity index (χ2v) is 6.12. The van der Waals surface area contributed by atoms with Crippen molar-refractivity contribution in [1.82, 2.24) is 4.90 Å². The predicted molar refractivity (Wildman–Crippen MR) is 85.3 cm³/mol. The summed E-state index contributed by atoms with van der Waals surface area (Å²) < 4.78 is 13.8. The van der Waals surface area contributed by atoms with E-state index in [-0.39, 0.29) is 5.82 Å². The molecule has 1 N–H and O–H groups in total. The highest BCUT2D eigenvalue weighted by atomic mass is 19.1. The van der Waals surface area contributed by atoms with Crippen LogP contribution in [0, 0.1) is 12.7 Å². The molecule has 0 radical (unpaired) electrons. The molecule has 1 fully saturated rings. The summed E-state index contributed by atoms with van der Waals surface area (Å²) >= 11 is 0. The third-order valence-electron chi connectivity index (χ3n) is 4.63. The number of hydrogen-bond donors (Lipinski definition) is 1. The summed E-state index contributed by atoms with van der Waals surface area (Å²) in [4.78, 5) is 4.77. The number of benzene rings is 1. The summed E-state index contributed by atoms with van der Waals surface area (Å²) in [6, 6.07) is 3.96. The van der Waals surface area contributed by atoms with Gasteiger partial charge in [-0.05, 0) is 44.9 Å². The van der Waals surface area contributed by atoms with Crippen LogP contribution in [0.1, 0.15) is 44.4 Å². The molecule has 1 aromatic rings. The third-order valence-corrected chi connectivity index (χ3v) is 4.63. The quantitative estimate of drug-likeness (QED) is 0.924. The van der Waals surface area contributed by atoms with Crippen LogP contribution in [0.3, 0.4) is 0 Å². The molecule has 0 aromatic heterocycles. The molecule has 4 heteroatoms. The van der Waals surface area contributed by atoms with Gasteiger partial charge in [0.2, 0.25) is 0 Å². The zero-order valence-electron chi connectivity index (χ0n) is 13.6. The first-order chi connectivity index (χ1) is 9.93. The predicted octanol–water partition coefficient (Wildman–Crippen LogP) is 3.11. The lowest BCUT2D eigenvalue weighted by molar-refractivity contribution is 0.188. The van der Waals surface area contributed by atoms with E-state index in [1.165, 1.54) is 6.07 Å². The Kier molecular flexibility index (Phi) is 5.22. The van der Waals surface area contributed by atoms with Crippen LogP contribution < -0.4 is 4.90 Å². The van der Waals surface area contributed by atoms with E-state index in [1.807, 2.05) is 6.07 Å². The fourth-order valence-electron chi connectivity index (χ4n) is 2.95. The van der Waals surface area contributed by atoms with Crippen molar-refractivity contribution in [2.75, 3.05) is 31.1 Å². The molecule has 1 aliphatic rings. The van der Waals surface area contributed by atoms with E-state index >= 15 is 0 Å². The van der Waals surface area contributed by atoms with Crippen molar-refractivity contribution in [2.45, 2.75) is 46.3 Å². The lowest BCUT2D eigenvalue weighted by atomic mass is 10.0. The van der Waals surface area contributed by atoms with Crippen LogP contribution >= 0.6 is 0 Å². The van der Waals surface area contributed by atoms with E-state index in [2.05, 4.69) is 23.6 Å². The molecule has 1 heterocycles. The van der Waals surface area contributed by atoms with E-state index in [0.717, 1.165) is 38.3 Å². The van der Waals surface area contributed by atoms with Gasteiger partial charge in [-0.2, -0.15) is 0 Å². The summed E-state index contributed by atoms with van der Waals surface area (Å²) in [5.74, 6) is -0.243. The number of nitrogens with zero attached hydrogens (tertiary/aromatic N) is 2. The van der Waals surface area contributed by atoms with E-state index in [4.69, 9.17) is 0 Å². The summed E-state index contributed by atoms with van der Waals surface area (Å²) in [5, 5.41) is 9.93. The molecule has 118 valence electrons. The molecule has 21 heavy (non-hydrogen) atoms. The lowest BCUT2D eigenvalue weighted by Crippen LogP contribution is -2.49. The topological polar surface area (TPSA) is 26.7 Å². The van der Waals surface area contributed by atoms with Crippen LogP contribution in [0.5, 0.6) is 0 Å². The summed E-state index contributed by atoms with van der Waals surface area (Å²) in [6.07, 6.45) is 0.511. The second kappa shape index (κ2) is 6.75. The number of aliphatic hydroxyl groups excluding tert-OH is 1. The second-order valence-electron chi connectivity index (χ2n) is 6.12. The number of aliphatic hydroxyl groups is 1. The van der Waals surface area contributed by atoms with Crippen molar-refractivity contribution in [1.29, 1.82) is 0 Å². The summed E-state index contributed by atoms with van der Waals surface area (Å²) in [7, 11) is 0. The summed E-state index contributed by atoms with van der Waals surface area (Å²) in [5.41, 5.74) is 2.31. The lowest BCUT2D eigenvalue weighted by Gasteiger charge is -2.40. The molecule has 0 spiro atoms. The van der Waals surface area contributed by atoms with Crippen LogP contribution in [0.15, 0.2) is 12.1 Å². The highest BCUT2D eigenvalue weighted by molar-refractivity contribution is 5.57. The number of anilines is 1. The van der Waals surface area contributed by atoms with Crippen molar-refractivity contribution < 1.29 is 9.50 Å². The SMILES string of the molecule is CCC(C)N1CCN(c2cc(C)c(F)cc2C(C)O)CC1. The maximum atomic E-state index is 13.8. The van der Waals surface area contributed by atoms with Gasteiger partial charge < -0.3 is 10.0 Å². The first-order valence-corrected chi connectivity index (χ1v) is 7.91. The van der Waals surface area contributed by atoms with Crippen molar-refractivity contribution in [2.24, 2.45) is 0 Å². The van der Waals surface area contributed by atoms with Crippen LogP contribution in [-0.2, 0) is 0 Å². The van der Waals surface area contributed by atoms with Gasteiger partial charge in [-0.3, -0.25) is 4.90 Å².